The number of phenols is 1. The van der Waals surface area contributed by atoms with Gasteiger partial charge in [-0.2, -0.15) is 5.10 Å². The van der Waals surface area contributed by atoms with Crippen molar-refractivity contribution in [3.8, 4) is 5.75 Å². The fourth-order valence-corrected chi connectivity index (χ4v) is 1.55. The van der Waals surface area contributed by atoms with E-state index in [4.69, 9.17) is 10.2 Å². The van der Waals surface area contributed by atoms with Crippen molar-refractivity contribution < 1.29 is 15.0 Å². The molecule has 0 saturated carbocycles. The molecule has 2 amide bonds. The summed E-state index contributed by atoms with van der Waals surface area (Å²) in [4.78, 5) is 11.4. The molecule has 0 saturated heterocycles. The molecule has 0 aromatic heterocycles. The average molecular weight is 294 g/mol. The summed E-state index contributed by atoms with van der Waals surface area (Å²) in [7, 11) is 0. The van der Waals surface area contributed by atoms with Gasteiger partial charge in [0.25, 0.3) is 0 Å². The van der Waals surface area contributed by atoms with E-state index in [1.165, 1.54) is 6.21 Å². The highest BCUT2D eigenvalue weighted by molar-refractivity contribution is 5.81. The first kappa shape index (κ1) is 16.9. The fourth-order valence-electron chi connectivity index (χ4n) is 1.55. The predicted octanol–water partition coefficient (Wildman–Crippen LogP) is 0.387. The van der Waals surface area contributed by atoms with Gasteiger partial charge in [-0.05, 0) is 49.2 Å². The predicted molar refractivity (Wildman–Crippen MR) is 81.4 cm³/mol. The lowest BCUT2D eigenvalue weighted by Crippen LogP contribution is -2.33. The molecule has 21 heavy (non-hydrogen) atoms. The lowest BCUT2D eigenvalue weighted by molar-refractivity contribution is 0.241. The number of hydrogen-bond donors (Lipinski definition) is 5. The van der Waals surface area contributed by atoms with Crippen LogP contribution in [0.3, 0.4) is 0 Å². The number of hydrazone groups is 1. The molecule has 0 aliphatic rings. The van der Waals surface area contributed by atoms with Crippen molar-refractivity contribution in [2.45, 2.75) is 12.8 Å². The van der Waals surface area contributed by atoms with E-state index in [1.807, 2.05) is 0 Å². The van der Waals surface area contributed by atoms with E-state index in [2.05, 4.69) is 21.2 Å². The first-order valence-electron chi connectivity index (χ1n) is 6.90. The maximum Gasteiger partial charge on any atom is 0.335 e. The largest absolute Gasteiger partial charge is 0.508 e. The summed E-state index contributed by atoms with van der Waals surface area (Å²) in [5, 5.41) is 27.2. The number of aliphatic hydroxyl groups is 1. The molecule has 0 unspecified atom stereocenters. The number of aromatic hydroxyl groups is 1. The van der Waals surface area contributed by atoms with Crippen molar-refractivity contribution >= 4 is 12.2 Å². The van der Waals surface area contributed by atoms with Gasteiger partial charge in [0.2, 0.25) is 0 Å². The third kappa shape index (κ3) is 8.61. The Bertz CT molecular complexity index is 434. The molecule has 0 atom stereocenters. The lowest BCUT2D eigenvalue weighted by atomic mass is 10.2. The van der Waals surface area contributed by atoms with Gasteiger partial charge in [0.05, 0.1) is 12.8 Å². The van der Waals surface area contributed by atoms with E-state index in [0.717, 1.165) is 24.9 Å². The Balaban J connectivity index is 2.07. The van der Waals surface area contributed by atoms with Gasteiger partial charge in [-0.3, -0.25) is 0 Å². The first-order chi connectivity index (χ1) is 10.2. The number of phenolic OH excluding ortho intramolecular Hbond substituents is 1. The van der Waals surface area contributed by atoms with E-state index in [-0.39, 0.29) is 18.4 Å². The fraction of sp³-hybridized carbons (Fsp3) is 0.429. The quantitative estimate of drug-likeness (QED) is 0.258. The van der Waals surface area contributed by atoms with Crippen molar-refractivity contribution in [3.05, 3.63) is 29.8 Å². The number of carbonyl (C=O) groups excluding carboxylic acids is 1. The summed E-state index contributed by atoms with van der Waals surface area (Å²) >= 11 is 0. The van der Waals surface area contributed by atoms with Gasteiger partial charge in [0.15, 0.2) is 0 Å². The minimum atomic E-state index is -0.353. The van der Waals surface area contributed by atoms with Crippen molar-refractivity contribution in [3.63, 3.8) is 0 Å². The number of aliphatic hydroxyl groups excluding tert-OH is 1. The van der Waals surface area contributed by atoms with E-state index in [1.54, 1.807) is 24.3 Å². The van der Waals surface area contributed by atoms with Crippen LogP contribution in [0.15, 0.2) is 29.4 Å². The molecule has 7 nitrogen and oxygen atoms in total. The molecule has 0 heterocycles. The summed E-state index contributed by atoms with van der Waals surface area (Å²) in [6.45, 7) is 2.13. The molecule has 0 spiro atoms. The van der Waals surface area contributed by atoms with Gasteiger partial charge in [-0.1, -0.05) is 0 Å². The van der Waals surface area contributed by atoms with Crippen molar-refractivity contribution in [2.75, 3.05) is 26.2 Å². The standard InChI is InChI=1S/C14H22N4O3/c19-10-9-15-7-1-2-8-16-14(21)18-17-11-12-3-5-13(20)6-4-12/h3-6,11,15,19-20H,1-2,7-10H2,(H2,16,18,21)/b17-11-. The summed E-state index contributed by atoms with van der Waals surface area (Å²) in [5.74, 6) is 0.186. The van der Waals surface area contributed by atoms with E-state index >= 15 is 0 Å². The average Bonchev–Trinajstić information content (AvgIpc) is 2.48. The summed E-state index contributed by atoms with van der Waals surface area (Å²) in [6.07, 6.45) is 3.28. The van der Waals surface area contributed by atoms with E-state index in [0.29, 0.717) is 13.1 Å². The van der Waals surface area contributed by atoms with Crippen molar-refractivity contribution in [1.82, 2.24) is 16.1 Å². The van der Waals surface area contributed by atoms with Gasteiger partial charge in [-0.15, -0.1) is 0 Å². The van der Waals surface area contributed by atoms with Gasteiger partial charge in [-0.25, -0.2) is 10.2 Å². The number of benzene rings is 1. The van der Waals surface area contributed by atoms with Crippen LogP contribution in [0.2, 0.25) is 0 Å². The monoisotopic (exact) mass is 294 g/mol. The first-order valence-corrected chi connectivity index (χ1v) is 6.90. The Labute approximate surface area is 124 Å². The Morgan fingerprint density at radius 1 is 1.14 bits per heavy atom. The van der Waals surface area contributed by atoms with E-state index < -0.39 is 0 Å². The molecule has 1 aromatic carbocycles. The molecule has 7 heteroatoms. The molecule has 0 aliphatic carbocycles. The number of unbranched alkanes of at least 4 members (excludes halogenated alkanes) is 1. The van der Waals surface area contributed by atoms with Crippen LogP contribution in [0, 0.1) is 0 Å². The Morgan fingerprint density at radius 2 is 1.86 bits per heavy atom. The van der Waals surface area contributed by atoms with Crippen molar-refractivity contribution in [1.29, 1.82) is 0 Å². The number of urea groups is 1. The highest BCUT2D eigenvalue weighted by Gasteiger charge is 1.96. The molecule has 1 rings (SSSR count). The Hall–Kier alpha value is -2.12. The van der Waals surface area contributed by atoms with Crippen LogP contribution in [0.1, 0.15) is 18.4 Å². The van der Waals surface area contributed by atoms with Crippen LogP contribution in [0.5, 0.6) is 5.75 Å². The molecule has 5 N–H and O–H groups in total. The van der Waals surface area contributed by atoms with Gasteiger partial charge in [0, 0.05) is 13.1 Å². The molecule has 1 aromatic rings. The number of rotatable bonds is 9. The SMILES string of the molecule is O=C(NCCCCNCCO)N/N=C\c1ccc(O)cc1. The van der Waals surface area contributed by atoms with Gasteiger partial charge < -0.3 is 20.8 Å². The number of amides is 2. The Morgan fingerprint density at radius 3 is 2.57 bits per heavy atom. The topological polar surface area (TPSA) is 106 Å². The molecule has 0 radical (unpaired) electrons. The third-order valence-corrected chi connectivity index (χ3v) is 2.63. The van der Waals surface area contributed by atoms with Crippen molar-refractivity contribution in [2.24, 2.45) is 5.10 Å². The molecular formula is C14H22N4O3. The Kier molecular flexibility index (Phi) is 8.58. The number of hydrogen-bond acceptors (Lipinski definition) is 5. The summed E-state index contributed by atoms with van der Waals surface area (Å²) < 4.78 is 0. The van der Waals surface area contributed by atoms with Crippen LogP contribution < -0.4 is 16.1 Å². The highest BCUT2D eigenvalue weighted by atomic mass is 16.3. The van der Waals surface area contributed by atoms with Crippen LogP contribution >= 0.6 is 0 Å². The zero-order valence-corrected chi connectivity index (χ0v) is 11.9. The van der Waals surface area contributed by atoms with Gasteiger partial charge >= 0.3 is 6.03 Å². The maximum atomic E-state index is 11.4. The van der Waals surface area contributed by atoms with Crippen LogP contribution in [-0.2, 0) is 0 Å². The minimum Gasteiger partial charge on any atom is -0.508 e. The normalized spacial score (nSPS) is 10.7. The maximum absolute atomic E-state index is 11.4. The van der Waals surface area contributed by atoms with Crippen LogP contribution in [0.25, 0.3) is 0 Å². The molecule has 116 valence electrons. The van der Waals surface area contributed by atoms with Crippen LogP contribution in [-0.4, -0.2) is 48.7 Å². The zero-order chi connectivity index (χ0) is 15.3. The lowest BCUT2D eigenvalue weighted by Gasteiger charge is -2.04. The third-order valence-electron chi connectivity index (χ3n) is 2.63. The van der Waals surface area contributed by atoms with E-state index in [9.17, 15) is 4.79 Å². The summed E-state index contributed by atoms with van der Waals surface area (Å²) in [5.41, 5.74) is 3.15. The minimum absolute atomic E-state index is 0.139. The van der Waals surface area contributed by atoms with Crippen LogP contribution in [0.4, 0.5) is 4.79 Å². The smallest absolute Gasteiger partial charge is 0.335 e. The molecule has 0 aliphatic heterocycles. The highest BCUT2D eigenvalue weighted by Crippen LogP contribution is 2.07. The molecular weight excluding hydrogens is 272 g/mol. The van der Waals surface area contributed by atoms with Gasteiger partial charge in [0.1, 0.15) is 5.75 Å². The molecule has 0 bridgehead atoms. The summed E-state index contributed by atoms with van der Waals surface area (Å²) in [6, 6.07) is 6.13. The number of carbonyl (C=O) groups is 1. The second-order valence-corrected chi connectivity index (χ2v) is 4.40. The second-order valence-electron chi connectivity index (χ2n) is 4.40. The zero-order valence-electron chi connectivity index (χ0n) is 11.9. The number of nitrogens with one attached hydrogen (secondary N) is 3. The second kappa shape index (κ2) is 10.6. The molecule has 0 fully saturated rings. The number of nitrogens with zero attached hydrogens (tertiary/aromatic N) is 1.